The molecule has 0 spiro atoms. The fourth-order valence-electron chi connectivity index (χ4n) is 5.68. The number of nitrogens with zero attached hydrogens (tertiary/aromatic N) is 4. The Balaban J connectivity index is 1.65. The zero-order valence-electron chi connectivity index (χ0n) is 21.3. The molecule has 2 fully saturated rings. The summed E-state index contributed by atoms with van der Waals surface area (Å²) in [5.41, 5.74) is 0.571. The second-order valence-electron chi connectivity index (χ2n) is 10.4. The van der Waals surface area contributed by atoms with Crippen molar-refractivity contribution in [3.63, 3.8) is 0 Å². The van der Waals surface area contributed by atoms with Crippen molar-refractivity contribution in [2.75, 3.05) is 44.8 Å². The van der Waals surface area contributed by atoms with Crippen molar-refractivity contribution in [2.45, 2.75) is 44.5 Å². The fourth-order valence-corrected chi connectivity index (χ4v) is 5.98. The molecule has 37 heavy (non-hydrogen) atoms. The average molecular weight is 531 g/mol. The van der Waals surface area contributed by atoms with Crippen LogP contribution in [0.3, 0.4) is 0 Å². The Morgan fingerprint density at radius 2 is 2.14 bits per heavy atom. The molecule has 1 unspecified atom stereocenters. The Hall–Kier alpha value is -2.88. The van der Waals surface area contributed by atoms with Gasteiger partial charge in [0.1, 0.15) is 40.5 Å². The number of benzene rings is 1. The van der Waals surface area contributed by atoms with Gasteiger partial charge in [0.25, 0.3) is 0 Å². The first-order valence-corrected chi connectivity index (χ1v) is 12.8. The number of fused-ring (bicyclic) bond motifs is 2. The van der Waals surface area contributed by atoms with Crippen LogP contribution in [0.15, 0.2) is 30.9 Å². The van der Waals surface area contributed by atoms with E-state index in [9.17, 15) is 9.90 Å². The van der Waals surface area contributed by atoms with E-state index in [2.05, 4.69) is 30.2 Å². The lowest BCUT2D eigenvalue weighted by Crippen LogP contribution is -2.55. The Kier molecular flexibility index (Phi) is 6.81. The van der Waals surface area contributed by atoms with E-state index >= 15 is 4.39 Å². The van der Waals surface area contributed by atoms with E-state index in [0.29, 0.717) is 50.9 Å². The van der Waals surface area contributed by atoms with Crippen LogP contribution in [0, 0.1) is 5.82 Å². The largest absolute Gasteiger partial charge is 0.507 e. The number of pyridine rings is 1. The van der Waals surface area contributed by atoms with Gasteiger partial charge in [-0.15, -0.1) is 0 Å². The third-order valence-corrected chi connectivity index (χ3v) is 8.05. The second-order valence-corrected chi connectivity index (χ2v) is 10.8. The monoisotopic (exact) mass is 530 g/mol. The molecular formula is C27H32ClFN4O4. The zero-order chi connectivity index (χ0) is 26.5. The lowest BCUT2D eigenvalue weighted by atomic mass is 10.00. The van der Waals surface area contributed by atoms with Gasteiger partial charge in [0.15, 0.2) is 0 Å². The average Bonchev–Trinajstić information content (AvgIpc) is 3.05. The maximum Gasteiger partial charge on any atom is 0.246 e. The number of rotatable bonds is 4. The molecule has 1 amide bonds. The van der Waals surface area contributed by atoms with Crippen LogP contribution in [0.1, 0.15) is 25.8 Å². The van der Waals surface area contributed by atoms with Crippen LogP contribution in [-0.2, 0) is 16.1 Å². The first-order valence-electron chi connectivity index (χ1n) is 12.4. The predicted molar refractivity (Wildman–Crippen MR) is 140 cm³/mol. The number of carbonyl (C=O) groups is 1. The van der Waals surface area contributed by atoms with E-state index in [4.69, 9.17) is 26.1 Å². The lowest BCUT2D eigenvalue weighted by Gasteiger charge is -2.40. The van der Waals surface area contributed by atoms with Gasteiger partial charge < -0.3 is 24.4 Å². The van der Waals surface area contributed by atoms with E-state index in [1.807, 2.05) is 0 Å². The minimum atomic E-state index is -0.625. The van der Waals surface area contributed by atoms with Crippen LogP contribution in [0.5, 0.6) is 11.5 Å². The summed E-state index contributed by atoms with van der Waals surface area (Å²) in [5, 5.41) is 10.7. The Morgan fingerprint density at radius 3 is 2.81 bits per heavy atom. The van der Waals surface area contributed by atoms with Gasteiger partial charge in [-0.25, -0.2) is 9.37 Å². The lowest BCUT2D eigenvalue weighted by molar-refractivity contribution is -0.129. The van der Waals surface area contributed by atoms with Gasteiger partial charge in [-0.1, -0.05) is 24.2 Å². The number of hydrogen-bond donors (Lipinski definition) is 1. The molecule has 2 atom stereocenters. The van der Waals surface area contributed by atoms with Gasteiger partial charge in [0.05, 0.1) is 23.3 Å². The van der Waals surface area contributed by atoms with Crippen LogP contribution in [0.4, 0.5) is 10.2 Å². The molecule has 0 saturated carbocycles. The van der Waals surface area contributed by atoms with Crippen LogP contribution in [0.2, 0.25) is 5.02 Å². The number of piperazine rings is 1. The van der Waals surface area contributed by atoms with E-state index < -0.39 is 5.82 Å². The van der Waals surface area contributed by atoms with Gasteiger partial charge in [-0.05, 0) is 38.5 Å². The number of halogens is 2. The molecule has 198 valence electrons. The number of anilines is 1. The second kappa shape index (κ2) is 9.78. The van der Waals surface area contributed by atoms with Gasteiger partial charge in [0.2, 0.25) is 5.91 Å². The standard InChI is InChI=1S/C27H32ClFN4O4/c1-5-21(35)32-10-9-31-14-18-25(37-15-16(31)12-32)23(28)24(22-19(29)7-6-8-20(22)34)30-26(18)33-13-17(36-4)11-27(33,2)3/h5-8,16-17,34H,1,9-15H2,2-4H3/t16-,17?/m1/s1. The minimum Gasteiger partial charge on any atom is -0.507 e. The topological polar surface area (TPSA) is 78.4 Å². The quantitative estimate of drug-likeness (QED) is 0.602. The molecule has 0 aliphatic carbocycles. The smallest absolute Gasteiger partial charge is 0.246 e. The minimum absolute atomic E-state index is 0.00125. The van der Waals surface area contributed by atoms with Crippen molar-refractivity contribution in [1.29, 1.82) is 0 Å². The zero-order valence-corrected chi connectivity index (χ0v) is 22.1. The molecule has 3 aliphatic rings. The fraction of sp³-hybridized carbons (Fsp3) is 0.481. The van der Waals surface area contributed by atoms with Crippen molar-refractivity contribution < 1.29 is 23.8 Å². The maximum absolute atomic E-state index is 15.0. The third-order valence-electron chi connectivity index (χ3n) is 7.70. The van der Waals surface area contributed by atoms with Crippen LogP contribution in [-0.4, -0.2) is 83.4 Å². The number of phenols is 1. The van der Waals surface area contributed by atoms with E-state index in [1.54, 1.807) is 12.0 Å². The molecular weight excluding hydrogens is 499 g/mol. The summed E-state index contributed by atoms with van der Waals surface area (Å²) in [5.74, 6) is 0.0770. The molecule has 1 aromatic carbocycles. The first-order chi connectivity index (χ1) is 17.6. The Labute approximate surface area is 221 Å². The highest BCUT2D eigenvalue weighted by molar-refractivity contribution is 6.35. The molecule has 1 aromatic heterocycles. The number of hydrogen-bond acceptors (Lipinski definition) is 7. The summed E-state index contributed by atoms with van der Waals surface area (Å²) in [7, 11) is 1.70. The van der Waals surface area contributed by atoms with Crippen molar-refractivity contribution in [2.24, 2.45) is 0 Å². The van der Waals surface area contributed by atoms with Crippen molar-refractivity contribution in [3.8, 4) is 22.8 Å². The molecule has 1 N–H and O–H groups in total. The summed E-state index contributed by atoms with van der Waals surface area (Å²) in [4.78, 5) is 23.4. The highest BCUT2D eigenvalue weighted by Crippen LogP contribution is 2.48. The predicted octanol–water partition coefficient (Wildman–Crippen LogP) is 3.84. The van der Waals surface area contributed by atoms with E-state index in [-0.39, 0.29) is 45.6 Å². The Morgan fingerprint density at radius 1 is 1.35 bits per heavy atom. The van der Waals surface area contributed by atoms with Gasteiger partial charge in [-0.2, -0.15) is 0 Å². The first kappa shape index (κ1) is 25.8. The summed E-state index contributed by atoms with van der Waals surface area (Å²) in [6.07, 6.45) is 2.12. The molecule has 0 radical (unpaired) electrons. The van der Waals surface area contributed by atoms with Crippen LogP contribution < -0.4 is 9.64 Å². The summed E-state index contributed by atoms with van der Waals surface area (Å²) in [6.45, 7) is 11.0. The highest BCUT2D eigenvalue weighted by atomic mass is 35.5. The number of aromatic hydroxyl groups is 1. The number of aromatic nitrogens is 1. The number of ether oxygens (including phenoxy) is 2. The molecule has 2 aromatic rings. The molecule has 4 heterocycles. The molecule has 0 bridgehead atoms. The normalized spacial score (nSPS) is 23.2. The van der Waals surface area contributed by atoms with Crippen molar-refractivity contribution in [3.05, 3.63) is 47.3 Å². The molecule has 2 saturated heterocycles. The number of methoxy groups -OCH3 is 1. The van der Waals surface area contributed by atoms with E-state index in [0.717, 1.165) is 12.0 Å². The molecule has 5 rings (SSSR count). The van der Waals surface area contributed by atoms with Gasteiger partial charge in [0, 0.05) is 45.4 Å². The Bertz CT molecular complexity index is 1220. The summed E-state index contributed by atoms with van der Waals surface area (Å²) >= 11 is 6.88. The summed E-state index contributed by atoms with van der Waals surface area (Å²) in [6, 6.07) is 4.06. The van der Waals surface area contributed by atoms with E-state index in [1.165, 1.54) is 24.3 Å². The van der Waals surface area contributed by atoms with Crippen LogP contribution in [0.25, 0.3) is 11.3 Å². The van der Waals surface area contributed by atoms with Crippen LogP contribution >= 0.6 is 11.6 Å². The van der Waals surface area contributed by atoms with Gasteiger partial charge in [-0.3, -0.25) is 9.69 Å². The van der Waals surface area contributed by atoms with Crippen molar-refractivity contribution >= 4 is 23.3 Å². The van der Waals surface area contributed by atoms with Crippen molar-refractivity contribution in [1.82, 2.24) is 14.8 Å². The number of amides is 1. The molecule has 3 aliphatic heterocycles. The number of carbonyl (C=O) groups excluding carboxylic acids is 1. The third kappa shape index (κ3) is 4.53. The summed E-state index contributed by atoms with van der Waals surface area (Å²) < 4.78 is 27.0. The SMILES string of the molecule is C=CC(=O)N1CCN2Cc3c(N4CC(OC)CC4(C)C)nc(-c4c(O)cccc4F)c(Cl)c3OC[C@H]2C1. The molecule has 8 nitrogen and oxygen atoms in total. The maximum atomic E-state index is 15.0. The number of phenolic OH excluding ortho intramolecular Hbond substituents is 1. The molecule has 10 heteroatoms. The highest BCUT2D eigenvalue weighted by Gasteiger charge is 2.43. The van der Waals surface area contributed by atoms with Gasteiger partial charge >= 0.3 is 0 Å².